The number of sulfonamides is 1. The van der Waals surface area contributed by atoms with Gasteiger partial charge >= 0.3 is 0 Å². The minimum absolute atomic E-state index is 0.0455. The molecule has 0 saturated heterocycles. The molecule has 0 aromatic heterocycles. The van der Waals surface area contributed by atoms with E-state index in [0.29, 0.717) is 12.1 Å². The predicted molar refractivity (Wildman–Crippen MR) is 129 cm³/mol. The highest BCUT2D eigenvalue weighted by atomic mass is 32.2. The van der Waals surface area contributed by atoms with Crippen LogP contribution in [-0.4, -0.2) is 31.8 Å². The minimum atomic E-state index is -3.67. The van der Waals surface area contributed by atoms with Crippen LogP contribution in [0.5, 0.6) is 0 Å². The topological polar surface area (TPSA) is 104 Å². The smallest absolute Gasteiger partial charge is 0.247 e. The van der Waals surface area contributed by atoms with E-state index >= 15 is 0 Å². The van der Waals surface area contributed by atoms with Gasteiger partial charge in [0.05, 0.1) is 4.90 Å². The highest BCUT2D eigenvalue weighted by Gasteiger charge is 2.28. The number of amides is 2. The molecule has 1 fully saturated rings. The van der Waals surface area contributed by atoms with E-state index in [4.69, 9.17) is 0 Å². The van der Waals surface area contributed by atoms with Gasteiger partial charge in [0, 0.05) is 23.6 Å². The van der Waals surface area contributed by atoms with Crippen molar-refractivity contribution >= 4 is 27.5 Å². The van der Waals surface area contributed by atoms with Crippen molar-refractivity contribution in [2.75, 3.05) is 5.32 Å². The second kappa shape index (κ2) is 10.5. The lowest BCUT2D eigenvalue weighted by Gasteiger charge is -2.21. The lowest BCUT2D eigenvalue weighted by Crippen LogP contribution is -2.47. The summed E-state index contributed by atoms with van der Waals surface area (Å²) in [6, 6.07) is 14.8. The van der Waals surface area contributed by atoms with Crippen LogP contribution in [0.2, 0.25) is 0 Å². The van der Waals surface area contributed by atoms with Crippen LogP contribution in [-0.2, 0) is 26.0 Å². The summed E-state index contributed by atoms with van der Waals surface area (Å²) in [4.78, 5) is 25.9. The van der Waals surface area contributed by atoms with Gasteiger partial charge in [0.2, 0.25) is 21.8 Å². The first-order chi connectivity index (χ1) is 15.5. The van der Waals surface area contributed by atoms with Crippen LogP contribution in [0.15, 0.2) is 59.5 Å². The van der Waals surface area contributed by atoms with Crippen molar-refractivity contribution in [1.29, 1.82) is 0 Å². The summed E-state index contributed by atoms with van der Waals surface area (Å²) in [5, 5.41) is 5.75. The zero-order chi connectivity index (χ0) is 24.1. The molecule has 1 unspecified atom stereocenters. The molecule has 33 heavy (non-hydrogen) atoms. The zero-order valence-electron chi connectivity index (χ0n) is 19.4. The molecule has 0 bridgehead atoms. The Balaban J connectivity index is 1.72. The average Bonchev–Trinajstić information content (AvgIpc) is 3.28. The van der Waals surface area contributed by atoms with Gasteiger partial charge in [0.1, 0.15) is 6.04 Å². The molecule has 0 heterocycles. The molecule has 2 aromatic carbocycles. The number of nitrogens with one attached hydrogen (secondary N) is 3. The lowest BCUT2D eigenvalue weighted by atomic mass is 10.0. The van der Waals surface area contributed by atoms with Crippen LogP contribution in [0.3, 0.4) is 0 Å². The standard InChI is InChI=1S/C25H33N3O4S/c1-25(2,3)28-33(31,32)21-15-13-20(14-16-21)26-24(30)22(17-18-9-5-4-6-10-18)27-23(29)19-11-7-8-12-19/h4-6,9-10,13-16,19,22,28H,7-8,11-12,17H2,1-3H3,(H,26,30)(H,27,29). The molecule has 1 aliphatic carbocycles. The maximum atomic E-state index is 13.1. The highest BCUT2D eigenvalue weighted by Crippen LogP contribution is 2.25. The molecule has 8 heteroatoms. The first kappa shape index (κ1) is 24.9. The van der Waals surface area contributed by atoms with Gasteiger partial charge in [-0.3, -0.25) is 9.59 Å². The van der Waals surface area contributed by atoms with Gasteiger partial charge in [-0.05, 0) is 63.4 Å². The van der Waals surface area contributed by atoms with Crippen molar-refractivity contribution in [3.05, 3.63) is 60.2 Å². The van der Waals surface area contributed by atoms with Crippen LogP contribution in [0.25, 0.3) is 0 Å². The Hall–Kier alpha value is -2.71. The monoisotopic (exact) mass is 471 g/mol. The fourth-order valence-corrected chi connectivity index (χ4v) is 5.36. The number of hydrogen-bond acceptors (Lipinski definition) is 4. The Kier molecular flexibility index (Phi) is 7.92. The van der Waals surface area contributed by atoms with Crippen molar-refractivity contribution < 1.29 is 18.0 Å². The Labute approximate surface area is 196 Å². The third kappa shape index (κ3) is 7.40. The molecule has 2 amide bonds. The fourth-order valence-electron chi connectivity index (χ4n) is 3.95. The van der Waals surface area contributed by atoms with E-state index in [2.05, 4.69) is 15.4 Å². The summed E-state index contributed by atoms with van der Waals surface area (Å²) < 4.78 is 27.6. The third-order valence-electron chi connectivity index (χ3n) is 5.51. The second-order valence-electron chi connectivity index (χ2n) is 9.60. The van der Waals surface area contributed by atoms with Crippen LogP contribution in [0.1, 0.15) is 52.0 Å². The van der Waals surface area contributed by atoms with Crippen molar-refractivity contribution in [2.45, 2.75) is 69.4 Å². The van der Waals surface area contributed by atoms with Crippen molar-refractivity contribution in [1.82, 2.24) is 10.0 Å². The van der Waals surface area contributed by atoms with Crippen LogP contribution < -0.4 is 15.4 Å². The fraction of sp³-hybridized carbons (Fsp3) is 0.440. The molecule has 3 rings (SSSR count). The number of anilines is 1. The third-order valence-corrected chi connectivity index (χ3v) is 7.29. The van der Waals surface area contributed by atoms with Gasteiger partial charge in [0.15, 0.2) is 0 Å². The molecule has 1 aliphatic rings. The maximum absolute atomic E-state index is 13.1. The summed E-state index contributed by atoms with van der Waals surface area (Å²) in [5.74, 6) is -0.470. The quantitative estimate of drug-likeness (QED) is 0.547. The molecule has 7 nitrogen and oxygen atoms in total. The molecule has 1 saturated carbocycles. The van der Waals surface area contributed by atoms with Gasteiger partial charge in [-0.25, -0.2) is 13.1 Å². The van der Waals surface area contributed by atoms with Crippen LogP contribution in [0, 0.1) is 5.92 Å². The van der Waals surface area contributed by atoms with Gasteiger partial charge < -0.3 is 10.6 Å². The summed E-state index contributed by atoms with van der Waals surface area (Å²) in [6.45, 7) is 5.31. The molecule has 1 atom stereocenters. The summed E-state index contributed by atoms with van der Waals surface area (Å²) in [7, 11) is -3.67. The predicted octanol–water partition coefficient (Wildman–Crippen LogP) is 3.62. The minimum Gasteiger partial charge on any atom is -0.344 e. The van der Waals surface area contributed by atoms with Crippen molar-refractivity contribution in [3.8, 4) is 0 Å². The molecule has 0 spiro atoms. The van der Waals surface area contributed by atoms with E-state index in [1.165, 1.54) is 12.1 Å². The number of rotatable bonds is 8. The molecule has 0 radical (unpaired) electrons. The zero-order valence-corrected chi connectivity index (χ0v) is 20.2. The van der Waals surface area contributed by atoms with Gasteiger partial charge in [-0.15, -0.1) is 0 Å². The molecular weight excluding hydrogens is 438 g/mol. The van der Waals surface area contributed by atoms with Gasteiger partial charge in [-0.2, -0.15) is 0 Å². The first-order valence-electron chi connectivity index (χ1n) is 11.3. The van der Waals surface area contributed by atoms with E-state index in [-0.39, 0.29) is 22.6 Å². The first-order valence-corrected chi connectivity index (χ1v) is 12.8. The molecule has 3 N–H and O–H groups in total. The van der Waals surface area contributed by atoms with E-state index in [1.807, 2.05) is 30.3 Å². The van der Waals surface area contributed by atoms with Crippen molar-refractivity contribution in [2.24, 2.45) is 5.92 Å². The van der Waals surface area contributed by atoms with E-state index in [0.717, 1.165) is 31.2 Å². The Morgan fingerprint density at radius 2 is 1.58 bits per heavy atom. The molecule has 2 aromatic rings. The van der Waals surface area contributed by atoms with E-state index in [1.54, 1.807) is 32.9 Å². The SMILES string of the molecule is CC(C)(C)NS(=O)(=O)c1ccc(NC(=O)C(Cc2ccccc2)NC(=O)C2CCCC2)cc1. The number of carbonyl (C=O) groups excluding carboxylic acids is 2. The number of carbonyl (C=O) groups is 2. The lowest BCUT2D eigenvalue weighted by molar-refractivity contribution is -0.129. The Morgan fingerprint density at radius 3 is 2.15 bits per heavy atom. The van der Waals surface area contributed by atoms with Gasteiger partial charge in [0.25, 0.3) is 0 Å². The van der Waals surface area contributed by atoms with E-state index in [9.17, 15) is 18.0 Å². The Bertz CT molecular complexity index is 1060. The van der Waals surface area contributed by atoms with E-state index < -0.39 is 21.6 Å². The number of benzene rings is 2. The molecule has 178 valence electrons. The summed E-state index contributed by atoms with van der Waals surface area (Å²) in [5.41, 5.74) is 0.801. The van der Waals surface area contributed by atoms with Crippen LogP contribution in [0.4, 0.5) is 5.69 Å². The summed E-state index contributed by atoms with van der Waals surface area (Å²) >= 11 is 0. The summed E-state index contributed by atoms with van der Waals surface area (Å²) in [6.07, 6.45) is 4.14. The second-order valence-corrected chi connectivity index (χ2v) is 11.3. The largest absolute Gasteiger partial charge is 0.344 e. The molecular formula is C25H33N3O4S. The average molecular weight is 472 g/mol. The Morgan fingerprint density at radius 1 is 0.970 bits per heavy atom. The molecule has 0 aliphatic heterocycles. The maximum Gasteiger partial charge on any atom is 0.247 e. The van der Waals surface area contributed by atoms with Crippen molar-refractivity contribution in [3.63, 3.8) is 0 Å². The normalized spacial score (nSPS) is 15.7. The highest BCUT2D eigenvalue weighted by molar-refractivity contribution is 7.89. The van der Waals surface area contributed by atoms with Gasteiger partial charge in [-0.1, -0.05) is 43.2 Å². The number of hydrogen-bond donors (Lipinski definition) is 3. The van der Waals surface area contributed by atoms with Crippen LogP contribution >= 0.6 is 0 Å².